The SMILES string of the molecule is CC(=O)OC[C@H]1O[C@H](OCCn2cc(COC(=O)CCc3ccc(C(C)C)cc4c(C)ccc3-4)nn2)[C@@H](OC(C)=O)[C@@H](OC(C)=O)[C@@H]1OC(C)=O. The van der Waals surface area contributed by atoms with E-state index in [9.17, 15) is 24.0 Å². The van der Waals surface area contributed by atoms with Crippen molar-refractivity contribution in [3.8, 4) is 11.1 Å². The van der Waals surface area contributed by atoms with E-state index in [2.05, 4.69) is 61.4 Å². The van der Waals surface area contributed by atoms with Crippen molar-refractivity contribution in [2.24, 2.45) is 0 Å². The maximum atomic E-state index is 12.7. The molecule has 5 atom stereocenters. The maximum Gasteiger partial charge on any atom is 0.306 e. The van der Waals surface area contributed by atoms with Gasteiger partial charge in [-0.1, -0.05) is 49.4 Å². The second kappa shape index (κ2) is 17.9. The van der Waals surface area contributed by atoms with Gasteiger partial charge in [0.05, 0.1) is 19.3 Å². The Morgan fingerprint density at radius 3 is 2.20 bits per heavy atom. The Balaban J connectivity index is 1.34. The molecule has 1 saturated heterocycles. The molecule has 2 heterocycles. The zero-order chi connectivity index (χ0) is 37.2. The third kappa shape index (κ3) is 11.0. The van der Waals surface area contributed by atoms with Gasteiger partial charge in [-0.25, -0.2) is 4.68 Å². The summed E-state index contributed by atoms with van der Waals surface area (Å²) in [4.78, 5) is 60.2. The molecule has 0 N–H and O–H groups in total. The zero-order valence-electron chi connectivity index (χ0n) is 29.9. The van der Waals surface area contributed by atoms with Gasteiger partial charge in [0.1, 0.15) is 25.0 Å². The van der Waals surface area contributed by atoms with Crippen LogP contribution in [0, 0.1) is 6.92 Å². The van der Waals surface area contributed by atoms with E-state index in [1.54, 1.807) is 6.20 Å². The highest BCUT2D eigenvalue weighted by molar-refractivity contribution is 5.76. The lowest BCUT2D eigenvalue weighted by molar-refractivity contribution is -0.308. The molecule has 0 aromatic carbocycles. The molecule has 15 nitrogen and oxygen atoms in total. The monoisotopic (exact) mass is 711 g/mol. The van der Waals surface area contributed by atoms with Crippen molar-refractivity contribution in [3.63, 3.8) is 0 Å². The molecular weight excluding hydrogens is 666 g/mol. The van der Waals surface area contributed by atoms with Crippen LogP contribution in [0.2, 0.25) is 0 Å². The number of fused-ring (bicyclic) bond motifs is 1. The van der Waals surface area contributed by atoms with E-state index < -0.39 is 54.6 Å². The number of aromatic nitrogens is 3. The van der Waals surface area contributed by atoms with E-state index in [1.807, 2.05) is 0 Å². The van der Waals surface area contributed by atoms with Gasteiger partial charge in [0, 0.05) is 34.1 Å². The van der Waals surface area contributed by atoms with Crippen LogP contribution in [-0.4, -0.2) is 88.8 Å². The number of ether oxygens (including phenoxy) is 7. The Labute approximate surface area is 296 Å². The Bertz CT molecular complexity index is 1670. The summed E-state index contributed by atoms with van der Waals surface area (Å²) in [6.45, 7) is 10.6. The van der Waals surface area contributed by atoms with Crippen molar-refractivity contribution in [2.45, 2.75) is 111 Å². The van der Waals surface area contributed by atoms with Crippen LogP contribution in [0.4, 0.5) is 0 Å². The van der Waals surface area contributed by atoms with Crippen molar-refractivity contribution in [3.05, 3.63) is 58.9 Å². The summed E-state index contributed by atoms with van der Waals surface area (Å²) in [5.41, 5.74) is 6.22. The van der Waals surface area contributed by atoms with Crippen LogP contribution >= 0.6 is 0 Å². The Kier molecular flexibility index (Phi) is 13.6. The lowest BCUT2D eigenvalue weighted by Gasteiger charge is -2.44. The standard InChI is InChI=1S/C36H45N3O12/c1-20(2)27-10-9-26(29-12-8-21(3)30(29)16-27)11-13-32(44)47-18-28-17-39(38-37-28)14-15-45-36-35(50-25(7)43)34(49-24(6)42)33(48-23(5)41)31(51-36)19-46-22(4)40/h8-10,12,16-17,20,31,33-36H,11,13-15,18-19H2,1-7H3/t31-,33-,34+,35+,36+/m1/s1. The molecule has 51 heavy (non-hydrogen) atoms. The molecule has 0 radical (unpaired) electrons. The minimum absolute atomic E-state index is 0.0565. The number of carbonyl (C=O) groups is 5. The van der Waals surface area contributed by atoms with E-state index in [-0.39, 0.29) is 38.8 Å². The first-order chi connectivity index (χ1) is 24.2. The molecule has 276 valence electrons. The highest BCUT2D eigenvalue weighted by atomic mass is 16.7. The summed E-state index contributed by atoms with van der Waals surface area (Å²) in [6, 6.07) is 10.6. The highest BCUT2D eigenvalue weighted by Crippen LogP contribution is 2.33. The second-order valence-electron chi connectivity index (χ2n) is 12.6. The number of rotatable bonds is 15. The summed E-state index contributed by atoms with van der Waals surface area (Å²) in [5, 5.41) is 8.12. The van der Waals surface area contributed by atoms with Crippen LogP contribution in [0.3, 0.4) is 0 Å². The molecule has 1 aromatic heterocycles. The third-order valence-electron chi connectivity index (χ3n) is 8.13. The zero-order valence-corrected chi connectivity index (χ0v) is 29.9. The molecule has 0 amide bonds. The van der Waals surface area contributed by atoms with Gasteiger partial charge in [0.15, 0.2) is 24.6 Å². The van der Waals surface area contributed by atoms with Crippen molar-refractivity contribution < 1.29 is 57.1 Å². The first kappa shape index (κ1) is 38.9. The van der Waals surface area contributed by atoms with E-state index in [1.165, 1.54) is 28.3 Å². The molecule has 4 rings (SSSR count). The average molecular weight is 712 g/mol. The number of nitrogens with zero attached hydrogens (tertiary/aromatic N) is 3. The number of hydrogen-bond donors (Lipinski definition) is 0. The molecule has 15 heteroatoms. The number of hydrogen-bond acceptors (Lipinski definition) is 14. The van der Waals surface area contributed by atoms with Gasteiger partial charge >= 0.3 is 29.8 Å². The first-order valence-corrected chi connectivity index (χ1v) is 16.7. The van der Waals surface area contributed by atoms with Gasteiger partial charge in [-0.3, -0.25) is 24.0 Å². The lowest BCUT2D eigenvalue weighted by Crippen LogP contribution is -2.63. The molecule has 2 aliphatic carbocycles. The number of carbonyl (C=O) groups excluding carboxylic acids is 5. The fourth-order valence-corrected chi connectivity index (χ4v) is 5.71. The number of aryl methyl sites for hydroxylation is 2. The van der Waals surface area contributed by atoms with Crippen LogP contribution < -0.4 is 0 Å². The van der Waals surface area contributed by atoms with E-state index in [4.69, 9.17) is 33.2 Å². The largest absolute Gasteiger partial charge is 0.463 e. The van der Waals surface area contributed by atoms with Crippen molar-refractivity contribution in [1.29, 1.82) is 0 Å². The van der Waals surface area contributed by atoms with E-state index in [0.29, 0.717) is 18.0 Å². The predicted molar refractivity (Wildman–Crippen MR) is 178 cm³/mol. The van der Waals surface area contributed by atoms with Gasteiger partial charge < -0.3 is 33.2 Å². The van der Waals surface area contributed by atoms with Crippen molar-refractivity contribution in [2.75, 3.05) is 13.2 Å². The summed E-state index contributed by atoms with van der Waals surface area (Å²) < 4.78 is 40.0. The molecule has 3 aliphatic rings. The summed E-state index contributed by atoms with van der Waals surface area (Å²) in [6.07, 6.45) is -4.12. The normalized spacial score (nSPS) is 20.1. The molecule has 0 spiro atoms. The summed E-state index contributed by atoms with van der Waals surface area (Å²) in [7, 11) is 0. The topological polar surface area (TPSA) is 181 Å². The van der Waals surface area contributed by atoms with Crippen molar-refractivity contribution >= 4 is 29.8 Å². The molecule has 0 saturated carbocycles. The predicted octanol–water partition coefficient (Wildman–Crippen LogP) is 3.59. The summed E-state index contributed by atoms with van der Waals surface area (Å²) in [5.74, 6) is -2.85. The van der Waals surface area contributed by atoms with Crippen LogP contribution in [0.25, 0.3) is 11.1 Å². The van der Waals surface area contributed by atoms with Crippen LogP contribution in [0.15, 0.2) is 36.5 Å². The molecule has 0 unspecified atom stereocenters. The fraction of sp³-hybridized carbons (Fsp3) is 0.528. The highest BCUT2D eigenvalue weighted by Gasteiger charge is 2.52. The van der Waals surface area contributed by atoms with E-state index >= 15 is 0 Å². The number of esters is 5. The van der Waals surface area contributed by atoms with Crippen LogP contribution in [0.1, 0.15) is 76.3 Å². The van der Waals surface area contributed by atoms with Gasteiger partial charge in [-0.2, -0.15) is 0 Å². The minimum atomic E-state index is -1.34. The lowest BCUT2D eigenvalue weighted by atomic mass is 9.98. The van der Waals surface area contributed by atoms with Gasteiger partial charge in [-0.05, 0) is 47.1 Å². The summed E-state index contributed by atoms with van der Waals surface area (Å²) >= 11 is 0. The minimum Gasteiger partial charge on any atom is -0.463 e. The fourth-order valence-electron chi connectivity index (χ4n) is 5.71. The van der Waals surface area contributed by atoms with Gasteiger partial charge in [0.2, 0.25) is 0 Å². The maximum absolute atomic E-state index is 12.7. The first-order valence-electron chi connectivity index (χ1n) is 16.7. The Morgan fingerprint density at radius 2 is 1.53 bits per heavy atom. The Hall–Kier alpha value is -4.89. The molecule has 0 bridgehead atoms. The average Bonchev–Trinajstić information content (AvgIpc) is 3.60. The van der Waals surface area contributed by atoms with Crippen LogP contribution in [0.5, 0.6) is 0 Å². The molecule has 1 fully saturated rings. The van der Waals surface area contributed by atoms with Gasteiger partial charge in [0.25, 0.3) is 0 Å². The third-order valence-corrected chi connectivity index (χ3v) is 8.13. The Morgan fingerprint density at radius 1 is 0.843 bits per heavy atom. The molecular formula is C36H45N3O12. The van der Waals surface area contributed by atoms with Crippen LogP contribution in [-0.2, 0) is 76.7 Å². The quantitative estimate of drug-likeness (QED) is 0.165. The van der Waals surface area contributed by atoms with Gasteiger partial charge in [-0.15, -0.1) is 5.10 Å². The second-order valence-corrected chi connectivity index (χ2v) is 12.6. The smallest absolute Gasteiger partial charge is 0.306 e. The molecule has 1 aliphatic heterocycles. The molecule has 1 aromatic rings. The van der Waals surface area contributed by atoms with Crippen molar-refractivity contribution in [1.82, 2.24) is 15.0 Å². The van der Waals surface area contributed by atoms with E-state index in [0.717, 1.165) is 31.9 Å².